The molecule has 0 aliphatic carbocycles. The zero-order chi connectivity index (χ0) is 15.8. The van der Waals surface area contributed by atoms with Crippen LogP contribution in [0.1, 0.15) is 29.3 Å². The van der Waals surface area contributed by atoms with Gasteiger partial charge in [0.1, 0.15) is 12.1 Å². The third-order valence-corrected chi connectivity index (χ3v) is 5.41. The monoisotopic (exact) mass is 330 g/mol. The molecule has 23 heavy (non-hydrogen) atoms. The Morgan fingerprint density at radius 3 is 2.61 bits per heavy atom. The minimum atomic E-state index is 0.0249. The zero-order valence-corrected chi connectivity index (χ0v) is 13.7. The average Bonchev–Trinajstić information content (AvgIpc) is 3.30. The molecule has 7 heteroatoms. The van der Waals surface area contributed by atoms with Crippen LogP contribution in [0.25, 0.3) is 4.96 Å². The van der Waals surface area contributed by atoms with E-state index in [0.29, 0.717) is 0 Å². The van der Waals surface area contributed by atoms with Gasteiger partial charge in [-0.15, -0.1) is 0 Å². The molecule has 1 aliphatic heterocycles. The molecule has 1 aromatic carbocycles. The van der Waals surface area contributed by atoms with Gasteiger partial charge in [-0.25, -0.2) is 4.98 Å². The molecule has 0 saturated carbocycles. The molecule has 0 bridgehead atoms. The van der Waals surface area contributed by atoms with E-state index in [9.17, 15) is 5.11 Å². The number of thiazole rings is 1. The standard InChI is InChI=1S/C16H18N4O2S/c1-22-12-6-4-11(5-7-12)13(19-8-2-3-9-19)14-15(21)20-16(23-14)17-10-18-20/h4-7,10,13,21H,2-3,8-9H2,1H3. The van der Waals surface area contributed by atoms with Crippen LogP contribution in [0.3, 0.4) is 0 Å². The van der Waals surface area contributed by atoms with Crippen LogP contribution >= 0.6 is 11.3 Å². The van der Waals surface area contributed by atoms with Gasteiger partial charge in [0, 0.05) is 0 Å². The van der Waals surface area contributed by atoms with Crippen molar-refractivity contribution in [3.8, 4) is 11.6 Å². The highest BCUT2D eigenvalue weighted by atomic mass is 32.1. The second kappa shape index (κ2) is 5.82. The summed E-state index contributed by atoms with van der Waals surface area (Å²) in [6.07, 6.45) is 3.84. The maximum Gasteiger partial charge on any atom is 0.230 e. The van der Waals surface area contributed by atoms with E-state index < -0.39 is 0 Å². The minimum absolute atomic E-state index is 0.0249. The van der Waals surface area contributed by atoms with Crippen LogP contribution in [0.5, 0.6) is 11.6 Å². The summed E-state index contributed by atoms with van der Waals surface area (Å²) in [5.74, 6) is 1.02. The lowest BCUT2D eigenvalue weighted by Crippen LogP contribution is -2.26. The van der Waals surface area contributed by atoms with Crippen LogP contribution in [-0.4, -0.2) is 44.8 Å². The number of likely N-dealkylation sites (tertiary alicyclic amines) is 1. The molecule has 120 valence electrons. The Kier molecular flexibility index (Phi) is 3.66. The van der Waals surface area contributed by atoms with Crippen molar-refractivity contribution in [1.82, 2.24) is 19.5 Å². The van der Waals surface area contributed by atoms with Gasteiger partial charge in [0.2, 0.25) is 10.8 Å². The molecule has 1 atom stereocenters. The number of hydrogen-bond donors (Lipinski definition) is 1. The number of hydrogen-bond acceptors (Lipinski definition) is 6. The second-order valence-electron chi connectivity index (χ2n) is 5.66. The summed E-state index contributed by atoms with van der Waals surface area (Å²) in [4.78, 5) is 8.23. The Morgan fingerprint density at radius 2 is 1.96 bits per heavy atom. The predicted octanol–water partition coefficient (Wildman–Crippen LogP) is 2.69. The van der Waals surface area contributed by atoms with Gasteiger partial charge in [0.05, 0.1) is 18.0 Å². The summed E-state index contributed by atoms with van der Waals surface area (Å²) >= 11 is 1.50. The summed E-state index contributed by atoms with van der Waals surface area (Å²) in [5.41, 5.74) is 1.15. The van der Waals surface area contributed by atoms with Crippen molar-refractivity contribution in [3.05, 3.63) is 41.0 Å². The van der Waals surface area contributed by atoms with E-state index in [1.165, 1.54) is 35.0 Å². The van der Waals surface area contributed by atoms with Gasteiger partial charge in [-0.2, -0.15) is 9.61 Å². The average molecular weight is 330 g/mol. The molecule has 0 radical (unpaired) electrons. The quantitative estimate of drug-likeness (QED) is 0.797. The van der Waals surface area contributed by atoms with Gasteiger partial charge in [-0.3, -0.25) is 4.90 Å². The normalized spacial score (nSPS) is 16.9. The maximum absolute atomic E-state index is 10.6. The number of aromatic nitrogens is 3. The summed E-state index contributed by atoms with van der Waals surface area (Å²) in [5, 5.41) is 14.7. The Morgan fingerprint density at radius 1 is 1.22 bits per heavy atom. The van der Waals surface area contributed by atoms with Crippen LogP contribution in [-0.2, 0) is 0 Å². The third-order valence-electron chi connectivity index (χ3n) is 4.32. The van der Waals surface area contributed by atoms with E-state index in [4.69, 9.17) is 4.74 Å². The number of nitrogens with zero attached hydrogens (tertiary/aromatic N) is 4. The van der Waals surface area contributed by atoms with Gasteiger partial charge >= 0.3 is 0 Å². The van der Waals surface area contributed by atoms with E-state index in [-0.39, 0.29) is 11.9 Å². The lowest BCUT2D eigenvalue weighted by molar-refractivity contribution is 0.277. The van der Waals surface area contributed by atoms with Gasteiger partial charge in [-0.05, 0) is 43.6 Å². The largest absolute Gasteiger partial charge is 0.497 e. The van der Waals surface area contributed by atoms with Crippen LogP contribution in [0.4, 0.5) is 0 Å². The molecular formula is C16H18N4O2S. The van der Waals surface area contributed by atoms with Crippen LogP contribution < -0.4 is 4.74 Å². The summed E-state index contributed by atoms with van der Waals surface area (Å²) in [6.45, 7) is 2.06. The summed E-state index contributed by atoms with van der Waals surface area (Å²) < 4.78 is 6.76. The Labute approximate surface area is 138 Å². The highest BCUT2D eigenvalue weighted by Crippen LogP contribution is 2.41. The van der Waals surface area contributed by atoms with Crippen molar-refractivity contribution in [3.63, 3.8) is 0 Å². The molecule has 0 spiro atoms. The molecule has 2 aromatic heterocycles. The van der Waals surface area contributed by atoms with E-state index in [1.807, 2.05) is 12.1 Å². The second-order valence-corrected chi connectivity index (χ2v) is 6.67. The molecule has 1 aliphatic rings. The first kappa shape index (κ1) is 14.5. The minimum Gasteiger partial charge on any atom is -0.497 e. The van der Waals surface area contributed by atoms with Gasteiger partial charge in [0.15, 0.2) is 0 Å². The molecule has 6 nitrogen and oxygen atoms in total. The molecule has 3 heterocycles. The van der Waals surface area contributed by atoms with Crippen molar-refractivity contribution in [2.24, 2.45) is 0 Å². The van der Waals surface area contributed by atoms with Gasteiger partial charge < -0.3 is 9.84 Å². The fourth-order valence-corrected chi connectivity index (χ4v) is 4.28. The molecular weight excluding hydrogens is 312 g/mol. The fraction of sp³-hybridized carbons (Fsp3) is 0.375. The molecule has 4 rings (SSSR count). The Bertz CT molecular complexity index is 805. The first-order valence-electron chi connectivity index (χ1n) is 7.67. The topological polar surface area (TPSA) is 62.9 Å². The van der Waals surface area contributed by atoms with Crippen molar-refractivity contribution in [2.75, 3.05) is 20.2 Å². The summed E-state index contributed by atoms with van der Waals surface area (Å²) in [6, 6.07) is 8.09. The molecule has 1 saturated heterocycles. The fourth-order valence-electron chi connectivity index (χ4n) is 3.19. The van der Waals surface area contributed by atoms with Crippen molar-refractivity contribution in [2.45, 2.75) is 18.9 Å². The van der Waals surface area contributed by atoms with Crippen molar-refractivity contribution >= 4 is 16.3 Å². The lowest BCUT2D eigenvalue weighted by atomic mass is 10.0. The van der Waals surface area contributed by atoms with Crippen molar-refractivity contribution in [1.29, 1.82) is 0 Å². The molecule has 1 unspecified atom stereocenters. The first-order chi connectivity index (χ1) is 11.3. The maximum atomic E-state index is 10.6. The predicted molar refractivity (Wildman–Crippen MR) is 88.2 cm³/mol. The zero-order valence-electron chi connectivity index (χ0n) is 12.8. The third kappa shape index (κ3) is 2.46. The Hall–Kier alpha value is -2.12. The number of aromatic hydroxyl groups is 1. The van der Waals surface area contributed by atoms with Crippen LogP contribution in [0, 0.1) is 0 Å². The molecule has 1 fully saturated rings. The Balaban J connectivity index is 1.80. The highest BCUT2D eigenvalue weighted by Gasteiger charge is 2.30. The number of rotatable bonds is 4. The van der Waals surface area contributed by atoms with E-state index >= 15 is 0 Å². The number of ether oxygens (including phenoxy) is 1. The lowest BCUT2D eigenvalue weighted by Gasteiger charge is -2.27. The van der Waals surface area contributed by atoms with Crippen LogP contribution in [0.15, 0.2) is 30.6 Å². The van der Waals surface area contributed by atoms with Gasteiger partial charge in [0.25, 0.3) is 0 Å². The highest BCUT2D eigenvalue weighted by molar-refractivity contribution is 7.17. The summed E-state index contributed by atoms with van der Waals surface area (Å²) in [7, 11) is 1.67. The number of methoxy groups -OCH3 is 1. The van der Waals surface area contributed by atoms with Crippen molar-refractivity contribution < 1.29 is 9.84 Å². The van der Waals surface area contributed by atoms with E-state index in [1.54, 1.807) is 7.11 Å². The van der Waals surface area contributed by atoms with Crippen LogP contribution in [0.2, 0.25) is 0 Å². The molecule has 0 amide bonds. The van der Waals surface area contributed by atoms with E-state index in [0.717, 1.165) is 34.2 Å². The van der Waals surface area contributed by atoms with Gasteiger partial charge in [-0.1, -0.05) is 23.5 Å². The smallest absolute Gasteiger partial charge is 0.230 e. The SMILES string of the molecule is COc1ccc(C(c2sc3ncnn3c2O)N2CCCC2)cc1. The molecule has 1 N–H and O–H groups in total. The first-order valence-corrected chi connectivity index (χ1v) is 8.49. The number of benzene rings is 1. The number of fused-ring (bicyclic) bond motifs is 1. The van der Waals surface area contributed by atoms with E-state index in [2.05, 4.69) is 27.1 Å². The molecule has 3 aromatic rings.